The molecular formula is C14H23NO3. The minimum absolute atomic E-state index is 0.193. The summed E-state index contributed by atoms with van der Waals surface area (Å²) in [6.45, 7) is 5.06. The Balaban J connectivity index is 2.18. The molecule has 0 aliphatic rings. The number of hydrogen-bond donors (Lipinski definition) is 2. The fourth-order valence-electron chi connectivity index (χ4n) is 1.58. The van der Waals surface area contributed by atoms with Gasteiger partial charge in [0.2, 0.25) is 0 Å². The molecule has 0 radical (unpaired) electrons. The Morgan fingerprint density at radius 3 is 2.44 bits per heavy atom. The molecule has 0 unspecified atom stereocenters. The molecule has 0 bridgehead atoms. The zero-order valence-corrected chi connectivity index (χ0v) is 11.0. The summed E-state index contributed by atoms with van der Waals surface area (Å²) in [5.41, 5.74) is 0. The number of benzene rings is 1. The first-order valence-electron chi connectivity index (χ1n) is 6.54. The molecule has 0 aliphatic heterocycles. The van der Waals surface area contributed by atoms with E-state index >= 15 is 0 Å². The van der Waals surface area contributed by atoms with E-state index < -0.39 is 0 Å². The van der Waals surface area contributed by atoms with Crippen molar-refractivity contribution < 1.29 is 14.6 Å². The second kappa shape index (κ2) is 9.74. The summed E-state index contributed by atoms with van der Waals surface area (Å²) in [5.74, 6) is 1.61. The highest BCUT2D eigenvalue weighted by Gasteiger charge is 2.02. The topological polar surface area (TPSA) is 50.7 Å². The standard InChI is InChI=1S/C14H23NO3/c1-2-17-13-7-3-4-8-14(13)18-12-6-5-9-15-10-11-16/h3-4,7-8,15-16H,2,5-6,9-12H2,1H3. The average molecular weight is 253 g/mol. The average Bonchev–Trinajstić information content (AvgIpc) is 2.40. The minimum atomic E-state index is 0.193. The summed E-state index contributed by atoms with van der Waals surface area (Å²) in [6.07, 6.45) is 2.02. The van der Waals surface area contributed by atoms with E-state index in [0.29, 0.717) is 19.8 Å². The minimum Gasteiger partial charge on any atom is -0.490 e. The van der Waals surface area contributed by atoms with Crippen LogP contribution < -0.4 is 14.8 Å². The molecular weight excluding hydrogens is 230 g/mol. The highest BCUT2D eigenvalue weighted by atomic mass is 16.5. The molecule has 0 fully saturated rings. The van der Waals surface area contributed by atoms with Crippen molar-refractivity contribution in [2.24, 2.45) is 0 Å². The number of ether oxygens (including phenoxy) is 2. The van der Waals surface area contributed by atoms with Crippen molar-refractivity contribution in [3.63, 3.8) is 0 Å². The fraction of sp³-hybridized carbons (Fsp3) is 0.571. The van der Waals surface area contributed by atoms with Crippen LogP contribution >= 0.6 is 0 Å². The second-order valence-electron chi connectivity index (χ2n) is 3.91. The van der Waals surface area contributed by atoms with Gasteiger partial charge < -0.3 is 19.9 Å². The lowest BCUT2D eigenvalue weighted by Crippen LogP contribution is -2.19. The number of aliphatic hydroxyl groups excluding tert-OH is 1. The molecule has 0 aromatic heterocycles. The van der Waals surface area contributed by atoms with Crippen LogP contribution in [0.4, 0.5) is 0 Å². The zero-order valence-electron chi connectivity index (χ0n) is 11.0. The van der Waals surface area contributed by atoms with E-state index in [2.05, 4.69) is 5.32 Å². The van der Waals surface area contributed by atoms with Gasteiger partial charge in [-0.05, 0) is 38.4 Å². The Morgan fingerprint density at radius 1 is 1.06 bits per heavy atom. The van der Waals surface area contributed by atoms with Crippen molar-refractivity contribution in [2.75, 3.05) is 32.9 Å². The molecule has 0 amide bonds. The number of rotatable bonds is 10. The first-order chi connectivity index (χ1) is 8.88. The van der Waals surface area contributed by atoms with Crippen molar-refractivity contribution in [3.05, 3.63) is 24.3 Å². The fourth-order valence-corrected chi connectivity index (χ4v) is 1.58. The molecule has 1 rings (SSSR count). The lowest BCUT2D eigenvalue weighted by molar-refractivity contribution is 0.268. The van der Waals surface area contributed by atoms with Crippen molar-refractivity contribution in [3.8, 4) is 11.5 Å². The highest BCUT2D eigenvalue weighted by Crippen LogP contribution is 2.26. The van der Waals surface area contributed by atoms with Gasteiger partial charge in [0.15, 0.2) is 11.5 Å². The Labute approximate surface area is 109 Å². The lowest BCUT2D eigenvalue weighted by atomic mass is 10.3. The van der Waals surface area contributed by atoms with Gasteiger partial charge in [-0.25, -0.2) is 0 Å². The van der Waals surface area contributed by atoms with Crippen LogP contribution in [0.15, 0.2) is 24.3 Å². The molecule has 0 heterocycles. The Hall–Kier alpha value is -1.26. The summed E-state index contributed by atoms with van der Waals surface area (Å²) in [7, 11) is 0. The molecule has 0 spiro atoms. The van der Waals surface area contributed by atoms with Gasteiger partial charge in [-0.1, -0.05) is 12.1 Å². The van der Waals surface area contributed by atoms with Gasteiger partial charge in [-0.3, -0.25) is 0 Å². The van der Waals surface area contributed by atoms with Crippen molar-refractivity contribution in [1.82, 2.24) is 5.32 Å². The van der Waals surface area contributed by atoms with Crippen LogP contribution in [0.5, 0.6) is 11.5 Å². The number of aliphatic hydroxyl groups is 1. The van der Waals surface area contributed by atoms with Crippen LogP contribution in [0.25, 0.3) is 0 Å². The molecule has 0 aliphatic carbocycles. The van der Waals surface area contributed by atoms with Crippen LogP contribution in [-0.4, -0.2) is 38.0 Å². The third kappa shape index (κ3) is 5.89. The van der Waals surface area contributed by atoms with Crippen LogP contribution in [0, 0.1) is 0 Å². The van der Waals surface area contributed by atoms with Crippen molar-refractivity contribution >= 4 is 0 Å². The molecule has 1 aromatic carbocycles. The molecule has 0 saturated heterocycles. The Bertz CT molecular complexity index is 318. The first kappa shape index (κ1) is 14.8. The third-order valence-corrected chi connectivity index (χ3v) is 2.44. The van der Waals surface area contributed by atoms with Crippen LogP contribution in [-0.2, 0) is 0 Å². The number of nitrogens with one attached hydrogen (secondary N) is 1. The van der Waals surface area contributed by atoms with E-state index in [9.17, 15) is 0 Å². The lowest BCUT2D eigenvalue weighted by Gasteiger charge is -2.11. The monoisotopic (exact) mass is 253 g/mol. The van der Waals surface area contributed by atoms with Crippen molar-refractivity contribution in [1.29, 1.82) is 0 Å². The summed E-state index contributed by atoms with van der Waals surface area (Å²) in [4.78, 5) is 0. The number of hydrogen-bond acceptors (Lipinski definition) is 4. The normalized spacial score (nSPS) is 10.3. The predicted molar refractivity (Wildman–Crippen MR) is 72.3 cm³/mol. The van der Waals surface area contributed by atoms with Gasteiger partial charge in [-0.2, -0.15) is 0 Å². The van der Waals surface area contributed by atoms with E-state index in [1.165, 1.54) is 0 Å². The van der Waals surface area contributed by atoms with Gasteiger partial charge in [0.05, 0.1) is 19.8 Å². The smallest absolute Gasteiger partial charge is 0.161 e. The summed E-state index contributed by atoms with van der Waals surface area (Å²) >= 11 is 0. The Morgan fingerprint density at radius 2 is 1.78 bits per heavy atom. The number of para-hydroxylation sites is 2. The molecule has 102 valence electrons. The maximum Gasteiger partial charge on any atom is 0.161 e. The molecule has 1 aromatic rings. The maximum absolute atomic E-state index is 8.60. The first-order valence-corrected chi connectivity index (χ1v) is 6.54. The summed E-state index contributed by atoms with van der Waals surface area (Å²) in [5, 5.41) is 11.7. The van der Waals surface area contributed by atoms with E-state index in [-0.39, 0.29) is 6.61 Å². The maximum atomic E-state index is 8.60. The zero-order chi connectivity index (χ0) is 13.1. The van der Waals surface area contributed by atoms with E-state index in [1.807, 2.05) is 31.2 Å². The van der Waals surface area contributed by atoms with Crippen LogP contribution in [0.2, 0.25) is 0 Å². The largest absolute Gasteiger partial charge is 0.490 e. The summed E-state index contributed by atoms with van der Waals surface area (Å²) < 4.78 is 11.2. The summed E-state index contributed by atoms with van der Waals surface area (Å²) in [6, 6.07) is 7.73. The predicted octanol–water partition coefficient (Wildman–Crippen LogP) is 1.83. The molecule has 4 heteroatoms. The van der Waals surface area contributed by atoms with E-state index in [0.717, 1.165) is 30.9 Å². The SMILES string of the molecule is CCOc1ccccc1OCCCCNCCO. The molecule has 18 heavy (non-hydrogen) atoms. The molecule has 4 nitrogen and oxygen atoms in total. The van der Waals surface area contributed by atoms with Crippen LogP contribution in [0.1, 0.15) is 19.8 Å². The van der Waals surface area contributed by atoms with Gasteiger partial charge in [0.1, 0.15) is 0 Å². The second-order valence-corrected chi connectivity index (χ2v) is 3.91. The Kier molecular flexibility index (Phi) is 8.01. The van der Waals surface area contributed by atoms with Gasteiger partial charge >= 0.3 is 0 Å². The third-order valence-electron chi connectivity index (χ3n) is 2.44. The molecule has 2 N–H and O–H groups in total. The highest BCUT2D eigenvalue weighted by molar-refractivity contribution is 5.39. The van der Waals surface area contributed by atoms with Crippen molar-refractivity contribution in [2.45, 2.75) is 19.8 Å². The van der Waals surface area contributed by atoms with E-state index in [1.54, 1.807) is 0 Å². The van der Waals surface area contributed by atoms with Gasteiger partial charge in [0, 0.05) is 6.54 Å². The van der Waals surface area contributed by atoms with Gasteiger partial charge in [0.25, 0.3) is 0 Å². The quantitative estimate of drug-likeness (QED) is 0.625. The van der Waals surface area contributed by atoms with Gasteiger partial charge in [-0.15, -0.1) is 0 Å². The molecule has 0 saturated carbocycles. The van der Waals surface area contributed by atoms with Crippen LogP contribution in [0.3, 0.4) is 0 Å². The molecule has 0 atom stereocenters. The van der Waals surface area contributed by atoms with E-state index in [4.69, 9.17) is 14.6 Å². The number of unbranched alkanes of at least 4 members (excludes halogenated alkanes) is 1.